The van der Waals surface area contributed by atoms with Crippen molar-refractivity contribution >= 4 is 0 Å². The molecule has 0 radical (unpaired) electrons. The van der Waals surface area contributed by atoms with Gasteiger partial charge in [-0.2, -0.15) is 0 Å². The van der Waals surface area contributed by atoms with Crippen LogP contribution in [-0.4, -0.2) is 0 Å². The van der Waals surface area contributed by atoms with Crippen molar-refractivity contribution < 1.29 is 4.39 Å². The molecular formula is C122H155F. The van der Waals surface area contributed by atoms with Crippen LogP contribution in [0, 0.1) is 132 Å². The maximum absolute atomic E-state index is 14.4. The summed E-state index contributed by atoms with van der Waals surface area (Å²) in [5, 5.41) is 0. The molecule has 0 bridgehead atoms. The molecule has 11 aromatic carbocycles. The van der Waals surface area contributed by atoms with Crippen molar-refractivity contribution in [1.29, 1.82) is 0 Å². The number of rotatable bonds is 11. The largest absolute Gasteiger partial charge is 0.206 e. The molecule has 11 aromatic rings. The Kier molecular flexibility index (Phi) is 36.2. The molecule has 123 heavy (non-hydrogen) atoms. The van der Waals surface area contributed by atoms with Crippen molar-refractivity contribution in [3.63, 3.8) is 0 Å². The predicted molar refractivity (Wildman–Crippen MR) is 533 cm³/mol. The molecule has 0 nitrogen and oxygen atoms in total. The second-order valence-electron chi connectivity index (χ2n) is 40.5. The Morgan fingerprint density at radius 2 is 0.309 bits per heavy atom. The summed E-state index contributed by atoms with van der Waals surface area (Å²) in [6, 6.07) is 92.0. The highest BCUT2D eigenvalue weighted by Crippen LogP contribution is 2.47. The van der Waals surface area contributed by atoms with E-state index in [2.05, 4.69) is 277 Å². The van der Waals surface area contributed by atoms with Crippen LogP contribution in [0.15, 0.2) is 261 Å². The maximum atomic E-state index is 14.4. The van der Waals surface area contributed by atoms with Crippen molar-refractivity contribution in [2.24, 2.45) is 71.0 Å². The van der Waals surface area contributed by atoms with Crippen LogP contribution in [0.3, 0.4) is 0 Å². The molecule has 0 heterocycles. The first-order chi connectivity index (χ1) is 59.6. The minimum absolute atomic E-state index is 0.183. The van der Waals surface area contributed by atoms with Crippen LogP contribution in [0.1, 0.15) is 289 Å². The topological polar surface area (TPSA) is 0 Å². The van der Waals surface area contributed by atoms with Gasteiger partial charge >= 0.3 is 0 Å². The summed E-state index contributed by atoms with van der Waals surface area (Å²) >= 11 is 0. The van der Waals surface area contributed by atoms with E-state index in [9.17, 15) is 4.39 Å². The van der Waals surface area contributed by atoms with Gasteiger partial charge in [-0.3, -0.25) is 0 Å². The summed E-state index contributed by atoms with van der Waals surface area (Å²) in [5.41, 5.74) is 27.2. The van der Waals surface area contributed by atoms with Crippen molar-refractivity contribution in [1.82, 2.24) is 0 Å². The molecule has 18 rings (SSSR count). The Bertz CT molecular complexity index is 4620. The maximum Gasteiger partial charge on any atom is 0.131 e. The molecule has 0 amide bonds. The van der Waals surface area contributed by atoms with Crippen molar-refractivity contribution in [2.45, 2.75) is 289 Å². The Labute approximate surface area is 748 Å². The normalized spacial score (nSPS) is 24.3. The summed E-state index contributed by atoms with van der Waals surface area (Å²) in [6.07, 6.45) is 41.9. The zero-order chi connectivity index (χ0) is 86.6. The predicted octanol–water partition coefficient (Wildman–Crippen LogP) is 36.7. The SMILES string of the molecule is CC1CCC(C2CCC(C)CC2)CC1.CC1CCC(C2CCC(C3CCC(C)CC3)CC2)CC1.Cc1ccc(-c2ccc(-c3ccc(C)cc3)c(F)c2)cc1.Cc1ccc(-c2ccc(-c3ccc(C)cc3)cc2)cc1.Cc1ccc(-c2ccc(C)cc2)cc1.Cc1ccc(-c2ccc(C3CCC(C)CC3)cc2)cc1.Cc1ccc(C2CCC(C)CC2)cc1. The van der Waals surface area contributed by atoms with Crippen LogP contribution in [-0.2, 0) is 0 Å². The van der Waals surface area contributed by atoms with Gasteiger partial charge in [-0.05, 0) is 319 Å². The van der Waals surface area contributed by atoms with Crippen molar-refractivity contribution in [3.8, 4) is 66.8 Å². The van der Waals surface area contributed by atoms with Crippen LogP contribution in [0.25, 0.3) is 66.8 Å². The van der Waals surface area contributed by atoms with Crippen LogP contribution in [0.2, 0.25) is 0 Å². The molecule has 0 saturated heterocycles. The Hall–Kier alpha value is -8.65. The van der Waals surface area contributed by atoms with Gasteiger partial charge in [-0.25, -0.2) is 4.39 Å². The van der Waals surface area contributed by atoms with Crippen LogP contribution in [0.4, 0.5) is 4.39 Å². The fourth-order valence-corrected chi connectivity index (χ4v) is 21.1. The lowest BCUT2D eigenvalue weighted by molar-refractivity contribution is 0.108. The highest BCUT2D eigenvalue weighted by atomic mass is 19.1. The first kappa shape index (κ1) is 93.5. The number of hydrogen-bond acceptors (Lipinski definition) is 0. The summed E-state index contributed by atoms with van der Waals surface area (Å²) < 4.78 is 14.4. The van der Waals surface area contributed by atoms with Gasteiger partial charge in [0.15, 0.2) is 0 Å². The molecule has 0 N–H and O–H groups in total. The van der Waals surface area contributed by atoms with Crippen molar-refractivity contribution in [2.75, 3.05) is 0 Å². The van der Waals surface area contributed by atoms with Gasteiger partial charge < -0.3 is 0 Å². The Morgan fingerprint density at radius 1 is 0.163 bits per heavy atom. The average molecular weight is 1640 g/mol. The fraction of sp³-hybridized carbons (Fsp3) is 0.459. The summed E-state index contributed by atoms with van der Waals surface area (Å²) in [7, 11) is 0. The molecule has 7 fully saturated rings. The molecule has 7 aliphatic carbocycles. The second-order valence-corrected chi connectivity index (χ2v) is 40.5. The molecule has 7 aliphatic rings. The second kappa shape index (κ2) is 47.6. The minimum Gasteiger partial charge on any atom is -0.206 e. The van der Waals surface area contributed by atoms with E-state index >= 15 is 0 Å². The third-order valence-corrected chi connectivity index (χ3v) is 30.2. The van der Waals surface area contributed by atoms with Gasteiger partial charge in [0.2, 0.25) is 0 Å². The first-order valence-corrected chi connectivity index (χ1v) is 49.1. The Morgan fingerprint density at radius 3 is 0.520 bits per heavy atom. The third-order valence-electron chi connectivity index (χ3n) is 30.2. The molecule has 650 valence electrons. The molecule has 0 atom stereocenters. The lowest BCUT2D eigenvalue weighted by atomic mass is 9.65. The van der Waals surface area contributed by atoms with Crippen LogP contribution in [0.5, 0.6) is 0 Å². The summed E-state index contributed by atoms with van der Waals surface area (Å²) in [5.74, 6) is 14.1. The zero-order valence-electron chi connectivity index (χ0n) is 78.6. The highest BCUT2D eigenvalue weighted by Gasteiger charge is 2.35. The van der Waals surface area contributed by atoms with Gasteiger partial charge in [-0.1, -0.05) is 418 Å². The average Bonchev–Trinajstić information content (AvgIpc) is 0.849. The third kappa shape index (κ3) is 29.5. The lowest BCUT2D eigenvalue weighted by Gasteiger charge is -2.41. The smallest absolute Gasteiger partial charge is 0.131 e. The number of benzene rings is 11. The van der Waals surface area contributed by atoms with Crippen LogP contribution < -0.4 is 0 Å². The molecule has 0 unspecified atom stereocenters. The standard InChI is InChI=1S/C20H17F.C20H36.C20H24.C20H18.C14H26.C14H20.C14H14/c1-14-3-7-16(8-4-14)18-11-12-19(20(21)13-18)17-9-5-15(2)6-10-17;3*1-15-3-7-17(8-4-15)19-11-13-20(14-12-19)18-9-5-16(2)6-10-18;3*1-11-3-7-13(8-4-11)14-9-5-12(2)6-10-14/h3-13H,1-2H3;15-20H,3-14H2,1-2H3;3-4,7-8,11-14,16,18H,5-6,9-10H2,1-2H3;3-14H,1-2H3;11-14H,3-10H2,1-2H3;3-4,7-8,12,14H,5-6,9-10H2,1-2H3;3-10H,1-2H3. The van der Waals surface area contributed by atoms with E-state index in [-0.39, 0.29) is 5.82 Å². The molecule has 7 saturated carbocycles. The highest BCUT2D eigenvalue weighted by molar-refractivity contribution is 5.73. The molecule has 0 aliphatic heterocycles. The van der Waals surface area contributed by atoms with E-state index in [0.717, 1.165) is 99.5 Å². The van der Waals surface area contributed by atoms with E-state index in [4.69, 9.17) is 0 Å². The first-order valence-electron chi connectivity index (χ1n) is 49.1. The van der Waals surface area contributed by atoms with Gasteiger partial charge in [0.1, 0.15) is 5.82 Å². The van der Waals surface area contributed by atoms with E-state index in [1.807, 2.05) is 74.5 Å². The quantitative estimate of drug-likeness (QED) is 0.121. The van der Waals surface area contributed by atoms with Gasteiger partial charge in [0, 0.05) is 5.56 Å². The van der Waals surface area contributed by atoms with E-state index in [1.54, 1.807) is 88.7 Å². The summed E-state index contributed by atoms with van der Waals surface area (Å²) in [4.78, 5) is 0. The lowest BCUT2D eigenvalue weighted by Crippen LogP contribution is -2.29. The molecule has 0 spiro atoms. The fourth-order valence-electron chi connectivity index (χ4n) is 21.1. The van der Waals surface area contributed by atoms with Crippen LogP contribution >= 0.6 is 0 Å². The number of hydrogen-bond donors (Lipinski definition) is 0. The van der Waals surface area contributed by atoms with Crippen molar-refractivity contribution in [3.05, 3.63) is 322 Å². The zero-order valence-corrected chi connectivity index (χ0v) is 78.6. The molecule has 0 aromatic heterocycles. The molecule has 1 heteroatoms. The Balaban J connectivity index is 0.000000132. The monoisotopic (exact) mass is 1640 g/mol. The van der Waals surface area contributed by atoms with E-state index in [0.29, 0.717) is 5.56 Å². The molecular weight excluding hydrogens is 1480 g/mol. The summed E-state index contributed by atoms with van der Waals surface area (Å²) in [6.45, 7) is 31.4. The van der Waals surface area contributed by atoms with E-state index < -0.39 is 0 Å². The number of halogens is 1. The van der Waals surface area contributed by atoms with Gasteiger partial charge in [0.25, 0.3) is 0 Å². The minimum atomic E-state index is -0.183. The van der Waals surface area contributed by atoms with Gasteiger partial charge in [0.05, 0.1) is 0 Å². The number of aryl methyl sites for hydroxylation is 8. The van der Waals surface area contributed by atoms with Gasteiger partial charge in [-0.15, -0.1) is 0 Å². The van der Waals surface area contributed by atoms with E-state index in [1.165, 1.54) is 197 Å².